The van der Waals surface area contributed by atoms with Crippen molar-refractivity contribution in [2.45, 2.75) is 25.9 Å². The fourth-order valence-electron chi connectivity index (χ4n) is 1.88. The maximum atomic E-state index is 6.15. The van der Waals surface area contributed by atoms with E-state index in [2.05, 4.69) is 11.5 Å². The van der Waals surface area contributed by atoms with Crippen LogP contribution in [0.25, 0.3) is 0 Å². The van der Waals surface area contributed by atoms with Crippen molar-refractivity contribution in [3.63, 3.8) is 0 Å². The zero-order valence-corrected chi connectivity index (χ0v) is 11.7. The van der Waals surface area contributed by atoms with Crippen LogP contribution in [0.4, 0.5) is 0 Å². The van der Waals surface area contributed by atoms with E-state index in [-0.39, 0.29) is 6.04 Å². The van der Waals surface area contributed by atoms with Crippen molar-refractivity contribution in [2.75, 3.05) is 0 Å². The van der Waals surface area contributed by atoms with E-state index in [0.29, 0.717) is 16.6 Å². The topological polar surface area (TPSA) is 30.9 Å². The summed E-state index contributed by atoms with van der Waals surface area (Å²) >= 11 is 12.3. The summed E-state index contributed by atoms with van der Waals surface area (Å²) < 4.78 is 2.05. The van der Waals surface area contributed by atoms with Crippen molar-refractivity contribution >= 4 is 23.2 Å². The van der Waals surface area contributed by atoms with Gasteiger partial charge in [0.2, 0.25) is 0 Å². The van der Waals surface area contributed by atoms with E-state index in [9.17, 15) is 0 Å². The van der Waals surface area contributed by atoms with Gasteiger partial charge >= 0.3 is 0 Å². The molecule has 4 heteroatoms. The lowest BCUT2D eigenvalue weighted by Gasteiger charge is -2.08. The Balaban J connectivity index is 2.21. The van der Waals surface area contributed by atoms with Crippen LogP contribution in [0.3, 0.4) is 0 Å². The minimum atomic E-state index is 0.0907. The van der Waals surface area contributed by atoms with Gasteiger partial charge < -0.3 is 10.3 Å². The van der Waals surface area contributed by atoms with Gasteiger partial charge in [0, 0.05) is 40.6 Å². The summed E-state index contributed by atoms with van der Waals surface area (Å²) in [6.07, 6.45) is 4.98. The van der Waals surface area contributed by atoms with Crippen molar-refractivity contribution in [3.8, 4) is 0 Å². The highest BCUT2D eigenvalue weighted by Gasteiger charge is 2.08. The Bertz CT molecular complexity index is 514. The molecule has 18 heavy (non-hydrogen) atoms. The van der Waals surface area contributed by atoms with Crippen LogP contribution >= 0.6 is 23.2 Å². The van der Waals surface area contributed by atoms with Gasteiger partial charge in [0.25, 0.3) is 0 Å². The second kappa shape index (κ2) is 5.79. The lowest BCUT2D eigenvalue weighted by atomic mass is 10.1. The van der Waals surface area contributed by atoms with Gasteiger partial charge in [-0.1, -0.05) is 36.2 Å². The van der Waals surface area contributed by atoms with Gasteiger partial charge in [-0.25, -0.2) is 0 Å². The Labute approximate surface area is 117 Å². The van der Waals surface area contributed by atoms with E-state index in [1.807, 2.05) is 36.7 Å². The average Bonchev–Trinajstić information content (AvgIpc) is 2.81. The smallest absolute Gasteiger partial charge is 0.0499 e. The van der Waals surface area contributed by atoms with E-state index in [1.165, 1.54) is 0 Å². The van der Waals surface area contributed by atoms with Gasteiger partial charge in [-0.05, 0) is 30.2 Å². The molecule has 0 saturated heterocycles. The summed E-state index contributed by atoms with van der Waals surface area (Å²) in [5, 5.41) is 1.38. The number of aromatic nitrogens is 1. The van der Waals surface area contributed by atoms with Crippen molar-refractivity contribution in [1.82, 2.24) is 4.57 Å². The molecular weight excluding hydrogens is 267 g/mol. The minimum absolute atomic E-state index is 0.0907. The van der Waals surface area contributed by atoms with Crippen molar-refractivity contribution in [2.24, 2.45) is 5.73 Å². The van der Waals surface area contributed by atoms with Crippen LogP contribution in [-0.2, 0) is 6.54 Å². The SMILES string of the molecule is CCC(N)c1ccn(Cc2c(Cl)cccc2Cl)c1. The van der Waals surface area contributed by atoms with Crippen LogP contribution in [-0.4, -0.2) is 4.57 Å². The molecule has 2 rings (SSSR count). The van der Waals surface area contributed by atoms with Gasteiger partial charge in [0.05, 0.1) is 0 Å². The Kier molecular flexibility index (Phi) is 4.33. The molecule has 0 saturated carbocycles. The molecule has 96 valence electrons. The molecule has 0 spiro atoms. The zero-order valence-electron chi connectivity index (χ0n) is 10.2. The summed E-state index contributed by atoms with van der Waals surface area (Å²) in [6, 6.07) is 7.69. The van der Waals surface area contributed by atoms with Crippen molar-refractivity contribution in [1.29, 1.82) is 0 Å². The Morgan fingerprint density at radius 1 is 1.22 bits per heavy atom. The summed E-state index contributed by atoms with van der Waals surface area (Å²) in [5.74, 6) is 0. The average molecular weight is 283 g/mol. The van der Waals surface area contributed by atoms with Crippen LogP contribution < -0.4 is 5.73 Å². The minimum Gasteiger partial charge on any atom is -0.349 e. The number of nitrogens with zero attached hydrogens (tertiary/aromatic N) is 1. The normalized spacial score (nSPS) is 12.7. The number of benzene rings is 1. The van der Waals surface area contributed by atoms with Gasteiger partial charge in [0.1, 0.15) is 0 Å². The molecule has 0 fully saturated rings. The molecule has 1 aromatic carbocycles. The fraction of sp³-hybridized carbons (Fsp3) is 0.286. The molecule has 2 N–H and O–H groups in total. The third-order valence-corrected chi connectivity index (χ3v) is 3.75. The molecule has 0 aliphatic rings. The largest absolute Gasteiger partial charge is 0.349 e. The number of hydrogen-bond acceptors (Lipinski definition) is 1. The second-order valence-corrected chi connectivity index (χ2v) is 5.15. The fourth-order valence-corrected chi connectivity index (χ4v) is 2.40. The van der Waals surface area contributed by atoms with E-state index < -0.39 is 0 Å². The third-order valence-electron chi connectivity index (χ3n) is 3.04. The van der Waals surface area contributed by atoms with Crippen molar-refractivity contribution in [3.05, 3.63) is 57.8 Å². The first kappa shape index (κ1) is 13.5. The highest BCUT2D eigenvalue weighted by molar-refractivity contribution is 6.35. The Morgan fingerprint density at radius 2 is 1.89 bits per heavy atom. The molecule has 0 aliphatic heterocycles. The van der Waals surface area contributed by atoms with Gasteiger partial charge in [-0.15, -0.1) is 0 Å². The molecule has 1 unspecified atom stereocenters. The Hall–Kier alpha value is -0.960. The number of halogens is 2. The summed E-state index contributed by atoms with van der Waals surface area (Å²) in [4.78, 5) is 0. The molecule has 2 aromatic rings. The zero-order chi connectivity index (χ0) is 13.1. The van der Waals surface area contributed by atoms with E-state index in [1.54, 1.807) is 0 Å². The van der Waals surface area contributed by atoms with Crippen LogP contribution in [0.1, 0.15) is 30.5 Å². The highest BCUT2D eigenvalue weighted by atomic mass is 35.5. The maximum absolute atomic E-state index is 6.15. The summed E-state index contributed by atoms with van der Waals surface area (Å²) in [6.45, 7) is 2.74. The molecule has 0 amide bonds. The maximum Gasteiger partial charge on any atom is 0.0499 e. The molecule has 1 aromatic heterocycles. The van der Waals surface area contributed by atoms with Gasteiger partial charge in [0.15, 0.2) is 0 Å². The van der Waals surface area contributed by atoms with Gasteiger partial charge in [-0.3, -0.25) is 0 Å². The number of rotatable bonds is 4. The van der Waals surface area contributed by atoms with E-state index >= 15 is 0 Å². The number of nitrogens with two attached hydrogens (primary N) is 1. The molecule has 2 nitrogen and oxygen atoms in total. The monoisotopic (exact) mass is 282 g/mol. The predicted molar refractivity (Wildman–Crippen MR) is 77.2 cm³/mol. The molecule has 1 heterocycles. The van der Waals surface area contributed by atoms with E-state index in [0.717, 1.165) is 17.5 Å². The quantitative estimate of drug-likeness (QED) is 0.893. The Morgan fingerprint density at radius 3 is 2.50 bits per heavy atom. The highest BCUT2D eigenvalue weighted by Crippen LogP contribution is 2.25. The molecule has 0 aliphatic carbocycles. The van der Waals surface area contributed by atoms with Crippen LogP contribution in [0.15, 0.2) is 36.7 Å². The van der Waals surface area contributed by atoms with Crippen LogP contribution in [0.5, 0.6) is 0 Å². The standard InChI is InChI=1S/C14H16Cl2N2/c1-2-14(17)10-6-7-18(8-10)9-11-12(15)4-3-5-13(11)16/h3-8,14H,2,9,17H2,1H3. The van der Waals surface area contributed by atoms with Crippen molar-refractivity contribution < 1.29 is 0 Å². The lowest BCUT2D eigenvalue weighted by Crippen LogP contribution is -2.07. The first-order valence-corrected chi connectivity index (χ1v) is 6.71. The number of hydrogen-bond donors (Lipinski definition) is 1. The summed E-state index contributed by atoms with van der Waals surface area (Å²) in [7, 11) is 0. The van der Waals surface area contributed by atoms with Gasteiger partial charge in [-0.2, -0.15) is 0 Å². The summed E-state index contributed by atoms with van der Waals surface area (Å²) in [5.41, 5.74) is 8.07. The van der Waals surface area contributed by atoms with Crippen LogP contribution in [0.2, 0.25) is 10.0 Å². The predicted octanol–water partition coefficient (Wildman–Crippen LogP) is 4.25. The molecule has 0 radical (unpaired) electrons. The van der Waals surface area contributed by atoms with Crippen LogP contribution in [0, 0.1) is 0 Å². The first-order valence-electron chi connectivity index (χ1n) is 5.96. The molecule has 0 bridgehead atoms. The molecular formula is C14H16Cl2N2. The first-order chi connectivity index (χ1) is 8.61. The second-order valence-electron chi connectivity index (χ2n) is 4.33. The van der Waals surface area contributed by atoms with E-state index in [4.69, 9.17) is 28.9 Å². The molecule has 1 atom stereocenters. The lowest BCUT2D eigenvalue weighted by molar-refractivity contribution is 0.693. The third kappa shape index (κ3) is 2.89.